The zero-order valence-corrected chi connectivity index (χ0v) is 28.6. The second-order valence-corrected chi connectivity index (χ2v) is 15.3. The van der Waals surface area contributed by atoms with Gasteiger partial charge in [-0.05, 0) is 90.0 Å². The van der Waals surface area contributed by atoms with E-state index in [4.69, 9.17) is 0 Å². The molecule has 2 heterocycles. The first kappa shape index (κ1) is 28.1. The summed E-state index contributed by atoms with van der Waals surface area (Å²) in [5.74, 6) is 0. The van der Waals surface area contributed by atoms with Gasteiger partial charge in [-0.1, -0.05) is 146 Å². The van der Waals surface area contributed by atoms with Crippen LogP contribution in [-0.2, 0) is 0 Å². The van der Waals surface area contributed by atoms with E-state index in [9.17, 15) is 0 Å². The lowest BCUT2D eigenvalue weighted by Crippen LogP contribution is -1.90. The van der Waals surface area contributed by atoms with Crippen LogP contribution in [0.5, 0.6) is 0 Å². The maximum absolute atomic E-state index is 2.42. The van der Waals surface area contributed by atoms with Crippen LogP contribution in [0.1, 0.15) is 0 Å². The number of rotatable bonds is 3. The largest absolute Gasteiger partial charge is 0.135 e. The average Bonchev–Trinajstić information content (AvgIpc) is 3.74. The van der Waals surface area contributed by atoms with Gasteiger partial charge in [0.2, 0.25) is 0 Å². The van der Waals surface area contributed by atoms with Crippen molar-refractivity contribution >= 4 is 95.3 Å². The van der Waals surface area contributed by atoms with Crippen molar-refractivity contribution in [1.82, 2.24) is 0 Å². The molecule has 0 aliphatic heterocycles. The monoisotopic (exact) mass is 668 g/mol. The normalized spacial score (nSPS) is 12.0. The third kappa shape index (κ3) is 4.16. The first-order valence-corrected chi connectivity index (χ1v) is 18.7. The topological polar surface area (TPSA) is 0 Å². The molecular weight excluding hydrogens is 641 g/mol. The Morgan fingerprint density at radius 1 is 0.260 bits per heavy atom. The molecule has 9 aromatic carbocycles. The minimum Gasteiger partial charge on any atom is -0.135 e. The molecule has 0 radical (unpaired) electrons. The molecule has 50 heavy (non-hydrogen) atoms. The van der Waals surface area contributed by atoms with Crippen LogP contribution >= 0.6 is 22.7 Å². The summed E-state index contributed by atoms with van der Waals surface area (Å²) in [6.45, 7) is 0. The van der Waals surface area contributed by atoms with Crippen molar-refractivity contribution in [1.29, 1.82) is 0 Å². The Kier molecular flexibility index (Phi) is 6.09. The summed E-state index contributed by atoms with van der Waals surface area (Å²) in [5, 5.41) is 13.1. The zero-order chi connectivity index (χ0) is 32.8. The van der Waals surface area contributed by atoms with E-state index in [1.165, 1.54) is 106 Å². The van der Waals surface area contributed by atoms with E-state index in [-0.39, 0.29) is 0 Å². The highest BCUT2D eigenvalue weighted by atomic mass is 32.1. The fourth-order valence-electron chi connectivity index (χ4n) is 8.15. The van der Waals surface area contributed by atoms with Crippen LogP contribution in [0.4, 0.5) is 0 Å². The Labute approximate surface area is 297 Å². The second-order valence-electron chi connectivity index (χ2n) is 13.2. The van der Waals surface area contributed by atoms with E-state index in [0.29, 0.717) is 0 Å². The molecule has 0 fully saturated rings. The van der Waals surface area contributed by atoms with E-state index in [2.05, 4.69) is 170 Å². The zero-order valence-electron chi connectivity index (χ0n) is 27.0. The Bertz CT molecular complexity index is 3080. The standard InChI is InChI=1S/C48H28S2/c1-2-11-30(12-3-1)46-37-14-6-8-16-39(37)47(40-17-9-7-15-38(40)46)33-20-23-36-35-22-19-32(27-44(35)49-45(36)28-33)31-21-25-43-42(26-31)41-24-18-29-10-4-5-13-34(29)48(41)50-43/h1-28H. The lowest BCUT2D eigenvalue weighted by molar-refractivity contribution is 1.66. The average molecular weight is 669 g/mol. The van der Waals surface area contributed by atoms with Gasteiger partial charge in [-0.2, -0.15) is 0 Å². The highest BCUT2D eigenvalue weighted by Gasteiger charge is 2.18. The van der Waals surface area contributed by atoms with Crippen LogP contribution in [0.25, 0.3) is 106 Å². The maximum atomic E-state index is 2.42. The van der Waals surface area contributed by atoms with Crippen LogP contribution in [0.15, 0.2) is 170 Å². The highest BCUT2D eigenvalue weighted by Crippen LogP contribution is 2.46. The molecule has 0 unspecified atom stereocenters. The quantitative estimate of drug-likeness (QED) is 0.164. The molecule has 2 aromatic heterocycles. The van der Waals surface area contributed by atoms with Gasteiger partial charge in [0.1, 0.15) is 0 Å². The molecule has 0 bridgehead atoms. The Morgan fingerprint density at radius 2 is 0.780 bits per heavy atom. The van der Waals surface area contributed by atoms with Crippen LogP contribution in [0.2, 0.25) is 0 Å². The van der Waals surface area contributed by atoms with Gasteiger partial charge in [-0.3, -0.25) is 0 Å². The molecule has 0 amide bonds. The lowest BCUT2D eigenvalue weighted by atomic mass is 9.86. The van der Waals surface area contributed by atoms with Crippen LogP contribution in [0.3, 0.4) is 0 Å². The van der Waals surface area contributed by atoms with Crippen molar-refractivity contribution < 1.29 is 0 Å². The van der Waals surface area contributed by atoms with Crippen LogP contribution < -0.4 is 0 Å². The smallest absolute Gasteiger partial charge is 0.0433 e. The van der Waals surface area contributed by atoms with E-state index in [1.807, 2.05) is 22.7 Å². The van der Waals surface area contributed by atoms with Gasteiger partial charge in [0.05, 0.1) is 0 Å². The number of benzene rings is 9. The van der Waals surface area contributed by atoms with Crippen molar-refractivity contribution in [3.8, 4) is 33.4 Å². The minimum atomic E-state index is 1.25. The molecule has 0 saturated carbocycles. The highest BCUT2D eigenvalue weighted by molar-refractivity contribution is 7.26. The lowest BCUT2D eigenvalue weighted by Gasteiger charge is -2.17. The van der Waals surface area contributed by atoms with Gasteiger partial charge < -0.3 is 0 Å². The molecule has 2 heteroatoms. The van der Waals surface area contributed by atoms with E-state index in [0.717, 1.165) is 0 Å². The summed E-state index contributed by atoms with van der Waals surface area (Å²) in [6, 6.07) is 63.1. The SMILES string of the molecule is c1ccc(-c2c3ccccc3c(-c3ccc4c(c3)sc3cc(-c5ccc6sc7c8ccccc8ccc7c6c5)ccc34)c3ccccc23)cc1. The molecule has 0 atom stereocenters. The molecule has 232 valence electrons. The fourth-order valence-corrected chi connectivity index (χ4v) is 10.6. The minimum absolute atomic E-state index is 1.25. The van der Waals surface area contributed by atoms with Gasteiger partial charge in [-0.25, -0.2) is 0 Å². The van der Waals surface area contributed by atoms with Crippen LogP contribution in [-0.4, -0.2) is 0 Å². The summed E-state index contributed by atoms with van der Waals surface area (Å²) in [7, 11) is 0. The Hall–Kier alpha value is -5.80. The van der Waals surface area contributed by atoms with E-state index < -0.39 is 0 Å². The number of thiophene rings is 2. The third-order valence-electron chi connectivity index (χ3n) is 10.5. The Morgan fingerprint density at radius 3 is 1.48 bits per heavy atom. The summed E-state index contributed by atoms with van der Waals surface area (Å²) in [6.07, 6.45) is 0. The van der Waals surface area contributed by atoms with Gasteiger partial charge in [0.25, 0.3) is 0 Å². The number of hydrogen-bond acceptors (Lipinski definition) is 2. The first-order valence-electron chi connectivity index (χ1n) is 17.1. The molecule has 0 nitrogen and oxygen atoms in total. The molecule has 11 rings (SSSR count). The molecular formula is C48H28S2. The fraction of sp³-hybridized carbons (Fsp3) is 0. The van der Waals surface area contributed by atoms with E-state index in [1.54, 1.807) is 0 Å². The van der Waals surface area contributed by atoms with E-state index >= 15 is 0 Å². The molecule has 0 spiro atoms. The predicted molar refractivity (Wildman–Crippen MR) is 221 cm³/mol. The number of hydrogen-bond donors (Lipinski definition) is 0. The van der Waals surface area contributed by atoms with Crippen molar-refractivity contribution in [3.05, 3.63) is 170 Å². The summed E-state index contributed by atoms with van der Waals surface area (Å²) in [5.41, 5.74) is 7.65. The maximum Gasteiger partial charge on any atom is 0.0433 e. The molecule has 11 aromatic rings. The van der Waals surface area contributed by atoms with Crippen LogP contribution in [0, 0.1) is 0 Å². The van der Waals surface area contributed by atoms with Gasteiger partial charge >= 0.3 is 0 Å². The van der Waals surface area contributed by atoms with Crippen molar-refractivity contribution in [3.63, 3.8) is 0 Å². The third-order valence-corrected chi connectivity index (χ3v) is 12.8. The van der Waals surface area contributed by atoms with Gasteiger partial charge in [0, 0.05) is 40.3 Å². The number of fused-ring (bicyclic) bond motifs is 10. The van der Waals surface area contributed by atoms with Gasteiger partial charge in [-0.15, -0.1) is 22.7 Å². The molecule has 0 saturated heterocycles. The molecule has 0 N–H and O–H groups in total. The Balaban J connectivity index is 1.07. The first-order chi connectivity index (χ1) is 24.8. The summed E-state index contributed by atoms with van der Waals surface area (Å²) in [4.78, 5) is 0. The summed E-state index contributed by atoms with van der Waals surface area (Å²) < 4.78 is 5.36. The molecule has 0 aliphatic carbocycles. The predicted octanol–water partition coefficient (Wildman–Crippen LogP) is 14.9. The van der Waals surface area contributed by atoms with Crippen molar-refractivity contribution in [2.75, 3.05) is 0 Å². The second kappa shape index (κ2) is 10.9. The van der Waals surface area contributed by atoms with Crippen molar-refractivity contribution in [2.45, 2.75) is 0 Å². The molecule has 0 aliphatic rings. The van der Waals surface area contributed by atoms with Gasteiger partial charge in [0.15, 0.2) is 0 Å². The summed E-state index contributed by atoms with van der Waals surface area (Å²) >= 11 is 3.80. The van der Waals surface area contributed by atoms with Crippen molar-refractivity contribution in [2.24, 2.45) is 0 Å².